The third-order valence-electron chi connectivity index (χ3n) is 2.55. The van der Waals surface area contributed by atoms with E-state index in [1.165, 1.54) is 0 Å². The highest BCUT2D eigenvalue weighted by Gasteiger charge is 2.34. The lowest BCUT2D eigenvalue weighted by molar-refractivity contribution is 0.197. The SMILES string of the molecule is Oc1ccccc1CC1(F)CCSC1. The van der Waals surface area contributed by atoms with Crippen molar-refractivity contribution in [2.75, 3.05) is 11.5 Å². The molecule has 1 aromatic rings. The van der Waals surface area contributed by atoms with Gasteiger partial charge in [-0.1, -0.05) is 18.2 Å². The Labute approximate surface area is 87.3 Å². The molecule has 3 heteroatoms. The van der Waals surface area contributed by atoms with Crippen molar-refractivity contribution in [2.45, 2.75) is 18.5 Å². The average Bonchev–Trinajstić information content (AvgIpc) is 2.57. The van der Waals surface area contributed by atoms with E-state index in [1.54, 1.807) is 30.0 Å². The summed E-state index contributed by atoms with van der Waals surface area (Å²) in [4.78, 5) is 0. The Bertz CT molecular complexity index is 321. The summed E-state index contributed by atoms with van der Waals surface area (Å²) < 4.78 is 14.0. The molecule has 0 bridgehead atoms. The van der Waals surface area contributed by atoms with E-state index in [0.29, 0.717) is 18.6 Å². The summed E-state index contributed by atoms with van der Waals surface area (Å²) in [5, 5.41) is 9.51. The predicted octanol–water partition coefficient (Wildman–Crippen LogP) is 2.78. The smallest absolute Gasteiger partial charge is 0.125 e. The molecule has 0 radical (unpaired) electrons. The van der Waals surface area contributed by atoms with E-state index in [2.05, 4.69) is 0 Å². The summed E-state index contributed by atoms with van der Waals surface area (Å²) >= 11 is 1.65. The summed E-state index contributed by atoms with van der Waals surface area (Å²) in [6.45, 7) is 0. The largest absolute Gasteiger partial charge is 0.508 e. The number of phenols is 1. The first kappa shape index (κ1) is 9.84. The minimum atomic E-state index is -1.11. The number of hydrogen-bond acceptors (Lipinski definition) is 2. The van der Waals surface area contributed by atoms with Gasteiger partial charge in [-0.2, -0.15) is 11.8 Å². The molecular formula is C11H13FOS. The third-order valence-corrected chi connectivity index (χ3v) is 3.77. The third kappa shape index (κ3) is 2.03. The molecule has 1 aliphatic rings. The first-order valence-corrected chi connectivity index (χ1v) is 5.89. The number of aromatic hydroxyl groups is 1. The Kier molecular flexibility index (Phi) is 2.68. The van der Waals surface area contributed by atoms with Crippen molar-refractivity contribution >= 4 is 11.8 Å². The Hall–Kier alpha value is -0.700. The molecule has 1 aliphatic heterocycles. The van der Waals surface area contributed by atoms with E-state index < -0.39 is 5.67 Å². The Morgan fingerprint density at radius 2 is 2.21 bits per heavy atom. The molecule has 14 heavy (non-hydrogen) atoms. The summed E-state index contributed by atoms with van der Waals surface area (Å²) in [5.41, 5.74) is -0.388. The molecule has 1 heterocycles. The standard InChI is InChI=1S/C11H13FOS/c12-11(5-6-14-8-11)7-9-3-1-2-4-10(9)13/h1-4,13H,5-8H2. The van der Waals surface area contributed by atoms with Gasteiger partial charge >= 0.3 is 0 Å². The fraction of sp³-hybridized carbons (Fsp3) is 0.455. The van der Waals surface area contributed by atoms with Crippen molar-refractivity contribution in [3.63, 3.8) is 0 Å². The highest BCUT2D eigenvalue weighted by molar-refractivity contribution is 7.99. The Balaban J connectivity index is 2.14. The van der Waals surface area contributed by atoms with Crippen molar-refractivity contribution in [1.29, 1.82) is 0 Å². The summed E-state index contributed by atoms with van der Waals surface area (Å²) in [6.07, 6.45) is 0.943. The maximum Gasteiger partial charge on any atom is 0.125 e. The van der Waals surface area contributed by atoms with E-state index in [9.17, 15) is 9.50 Å². The number of halogens is 1. The van der Waals surface area contributed by atoms with Gasteiger partial charge < -0.3 is 5.11 Å². The monoisotopic (exact) mass is 212 g/mol. The molecule has 1 aromatic carbocycles. The second-order valence-corrected chi connectivity index (χ2v) is 4.86. The summed E-state index contributed by atoms with van der Waals surface area (Å²) in [6, 6.07) is 6.99. The molecule has 0 spiro atoms. The number of alkyl halides is 1. The highest BCUT2D eigenvalue weighted by atomic mass is 32.2. The zero-order chi connectivity index (χ0) is 10.0. The molecule has 1 unspecified atom stereocenters. The molecule has 0 aliphatic carbocycles. The molecule has 0 aromatic heterocycles. The Morgan fingerprint density at radius 3 is 2.86 bits per heavy atom. The quantitative estimate of drug-likeness (QED) is 0.813. The van der Waals surface area contributed by atoms with Crippen LogP contribution in [-0.2, 0) is 6.42 Å². The summed E-state index contributed by atoms with van der Waals surface area (Å²) in [5.74, 6) is 1.66. The van der Waals surface area contributed by atoms with E-state index in [1.807, 2.05) is 6.07 Å². The minimum absolute atomic E-state index is 0.210. The second-order valence-electron chi connectivity index (χ2n) is 3.76. The van der Waals surface area contributed by atoms with Gasteiger partial charge in [-0.05, 0) is 23.8 Å². The molecular weight excluding hydrogens is 199 g/mol. The van der Waals surface area contributed by atoms with Gasteiger partial charge in [0.2, 0.25) is 0 Å². The molecule has 2 rings (SSSR count). The number of para-hydroxylation sites is 1. The zero-order valence-corrected chi connectivity index (χ0v) is 8.69. The van der Waals surface area contributed by atoms with Crippen LogP contribution in [0.2, 0.25) is 0 Å². The lowest BCUT2D eigenvalue weighted by atomic mass is 9.95. The van der Waals surface area contributed by atoms with Crippen LogP contribution in [0.1, 0.15) is 12.0 Å². The zero-order valence-electron chi connectivity index (χ0n) is 7.87. The first-order valence-electron chi connectivity index (χ1n) is 4.73. The van der Waals surface area contributed by atoms with E-state index >= 15 is 0 Å². The molecule has 0 saturated carbocycles. The number of thioether (sulfide) groups is 1. The van der Waals surface area contributed by atoms with E-state index in [0.717, 1.165) is 11.3 Å². The predicted molar refractivity (Wildman–Crippen MR) is 57.6 cm³/mol. The van der Waals surface area contributed by atoms with Crippen LogP contribution in [0.3, 0.4) is 0 Å². The maximum absolute atomic E-state index is 14.0. The number of phenolic OH excluding ortho intramolecular Hbond substituents is 1. The van der Waals surface area contributed by atoms with Crippen molar-refractivity contribution in [2.24, 2.45) is 0 Å². The molecule has 0 amide bonds. The van der Waals surface area contributed by atoms with Gasteiger partial charge in [0.25, 0.3) is 0 Å². The van der Waals surface area contributed by atoms with Crippen LogP contribution in [0.15, 0.2) is 24.3 Å². The van der Waals surface area contributed by atoms with Crippen LogP contribution in [0.4, 0.5) is 4.39 Å². The molecule has 76 valence electrons. The topological polar surface area (TPSA) is 20.2 Å². The van der Waals surface area contributed by atoms with Crippen LogP contribution < -0.4 is 0 Å². The van der Waals surface area contributed by atoms with Gasteiger partial charge in [0.15, 0.2) is 0 Å². The highest BCUT2D eigenvalue weighted by Crippen LogP contribution is 2.36. The fourth-order valence-electron chi connectivity index (χ4n) is 1.72. The van der Waals surface area contributed by atoms with Crippen molar-refractivity contribution in [3.8, 4) is 5.75 Å². The van der Waals surface area contributed by atoms with E-state index in [4.69, 9.17) is 0 Å². The van der Waals surface area contributed by atoms with Crippen LogP contribution in [0.25, 0.3) is 0 Å². The number of hydrogen-bond donors (Lipinski definition) is 1. The van der Waals surface area contributed by atoms with Crippen LogP contribution in [0, 0.1) is 0 Å². The number of benzene rings is 1. The lowest BCUT2D eigenvalue weighted by Gasteiger charge is -2.18. The fourth-order valence-corrected chi connectivity index (χ4v) is 2.99. The van der Waals surface area contributed by atoms with Crippen molar-refractivity contribution < 1.29 is 9.50 Å². The normalized spacial score (nSPS) is 26.6. The minimum Gasteiger partial charge on any atom is -0.508 e. The molecule has 1 nitrogen and oxygen atoms in total. The van der Waals surface area contributed by atoms with Crippen LogP contribution >= 0.6 is 11.8 Å². The Morgan fingerprint density at radius 1 is 1.43 bits per heavy atom. The number of rotatable bonds is 2. The molecule has 1 saturated heterocycles. The maximum atomic E-state index is 14.0. The summed E-state index contributed by atoms with van der Waals surface area (Å²) in [7, 11) is 0. The second kappa shape index (κ2) is 3.81. The van der Waals surface area contributed by atoms with E-state index in [-0.39, 0.29) is 5.75 Å². The van der Waals surface area contributed by atoms with Crippen molar-refractivity contribution in [3.05, 3.63) is 29.8 Å². The lowest BCUT2D eigenvalue weighted by Crippen LogP contribution is -2.25. The van der Waals surface area contributed by atoms with Gasteiger partial charge in [0.05, 0.1) is 0 Å². The van der Waals surface area contributed by atoms with Crippen LogP contribution in [0.5, 0.6) is 5.75 Å². The van der Waals surface area contributed by atoms with Gasteiger partial charge in [-0.3, -0.25) is 0 Å². The van der Waals surface area contributed by atoms with Crippen LogP contribution in [-0.4, -0.2) is 22.3 Å². The average molecular weight is 212 g/mol. The van der Waals surface area contributed by atoms with Gasteiger partial charge in [-0.15, -0.1) is 0 Å². The van der Waals surface area contributed by atoms with Gasteiger partial charge in [0, 0.05) is 12.2 Å². The molecule has 1 fully saturated rings. The van der Waals surface area contributed by atoms with Gasteiger partial charge in [0.1, 0.15) is 11.4 Å². The molecule has 1 atom stereocenters. The first-order chi connectivity index (χ1) is 6.70. The van der Waals surface area contributed by atoms with Crippen molar-refractivity contribution in [1.82, 2.24) is 0 Å². The molecule has 1 N–H and O–H groups in total. The van der Waals surface area contributed by atoms with Gasteiger partial charge in [-0.25, -0.2) is 4.39 Å².